The van der Waals surface area contributed by atoms with Crippen molar-refractivity contribution in [3.63, 3.8) is 0 Å². The van der Waals surface area contributed by atoms with E-state index in [4.69, 9.17) is 9.47 Å². The summed E-state index contributed by atoms with van der Waals surface area (Å²) in [5.41, 5.74) is 2.31. The Kier molecular flexibility index (Phi) is 4.92. The van der Waals surface area contributed by atoms with Crippen LogP contribution in [0.25, 0.3) is 0 Å². The summed E-state index contributed by atoms with van der Waals surface area (Å²) in [6.07, 6.45) is 0. The third kappa shape index (κ3) is 3.26. The van der Waals surface area contributed by atoms with Gasteiger partial charge in [0.15, 0.2) is 0 Å². The third-order valence-electron chi connectivity index (χ3n) is 4.15. The number of ether oxygens (including phenoxy) is 3. The number of rotatable bonds is 5. The van der Waals surface area contributed by atoms with E-state index in [9.17, 15) is 18.4 Å². The molecule has 3 rings (SSSR count). The van der Waals surface area contributed by atoms with Gasteiger partial charge in [0.2, 0.25) is 0 Å². The maximum Gasteiger partial charge on any atom is 0.387 e. The van der Waals surface area contributed by atoms with Crippen molar-refractivity contribution in [1.29, 1.82) is 0 Å². The number of allylic oxidation sites excluding steroid dienone is 1. The highest BCUT2D eigenvalue weighted by Gasteiger charge is 2.41. The molecule has 0 aromatic heterocycles. The zero-order valence-electron chi connectivity index (χ0n) is 14.2. The maximum absolute atomic E-state index is 12.5. The molecule has 1 atom stereocenters. The summed E-state index contributed by atoms with van der Waals surface area (Å²) >= 11 is 0. The molecule has 0 spiro atoms. The molecule has 138 valence electrons. The monoisotopic (exact) mass is 365 g/mol. The molecular weight excluding hydrogens is 348 g/mol. The van der Waals surface area contributed by atoms with Crippen molar-refractivity contribution in [1.82, 2.24) is 5.32 Å². The molecule has 0 amide bonds. The highest BCUT2D eigenvalue weighted by atomic mass is 19.3. The zero-order valence-corrected chi connectivity index (χ0v) is 14.2. The predicted octanol–water partition coefficient (Wildman–Crippen LogP) is 2.62. The minimum atomic E-state index is -2.93. The Hall–Kier alpha value is -2.90. The Morgan fingerprint density at radius 2 is 2.04 bits per heavy atom. The van der Waals surface area contributed by atoms with Crippen LogP contribution in [0.4, 0.5) is 8.78 Å². The molecular formula is C18H17F2NO5. The molecule has 2 aliphatic rings. The molecule has 6 nitrogen and oxygen atoms in total. The smallest absolute Gasteiger partial charge is 0.387 e. The van der Waals surface area contributed by atoms with Crippen molar-refractivity contribution in [2.75, 3.05) is 13.2 Å². The van der Waals surface area contributed by atoms with Gasteiger partial charge in [0, 0.05) is 5.70 Å². The fourth-order valence-corrected chi connectivity index (χ4v) is 3.12. The van der Waals surface area contributed by atoms with Gasteiger partial charge in [-0.05, 0) is 31.5 Å². The van der Waals surface area contributed by atoms with Crippen molar-refractivity contribution in [2.24, 2.45) is 0 Å². The standard InChI is InChI=1S/C18H17F2NO5/c1-3-24-16(22)13-9(2)21-12-8-25-17(23)15(12)14(13)10-4-6-11(7-5-10)26-18(19)20/h4-7,14,18,21H,3,8H2,1-2H3. The number of carbonyl (C=O) groups excluding carboxylic acids is 2. The van der Waals surface area contributed by atoms with E-state index < -0.39 is 24.5 Å². The second-order valence-electron chi connectivity index (χ2n) is 5.73. The van der Waals surface area contributed by atoms with Crippen LogP contribution in [-0.2, 0) is 19.1 Å². The molecule has 0 fully saturated rings. The summed E-state index contributed by atoms with van der Waals surface area (Å²) in [4.78, 5) is 24.7. The van der Waals surface area contributed by atoms with Crippen LogP contribution in [0.5, 0.6) is 5.75 Å². The zero-order chi connectivity index (χ0) is 18.8. The summed E-state index contributed by atoms with van der Waals surface area (Å²) in [6.45, 7) is 0.727. The number of carbonyl (C=O) groups is 2. The molecule has 1 aromatic rings. The second kappa shape index (κ2) is 7.15. The molecule has 1 aromatic carbocycles. The highest BCUT2D eigenvalue weighted by molar-refractivity contribution is 6.01. The van der Waals surface area contributed by atoms with Gasteiger partial charge in [0.1, 0.15) is 12.4 Å². The summed E-state index contributed by atoms with van der Waals surface area (Å²) in [6, 6.07) is 5.80. The molecule has 2 heterocycles. The normalized spacial score (nSPS) is 19.3. The van der Waals surface area contributed by atoms with E-state index in [1.165, 1.54) is 24.3 Å². The summed E-state index contributed by atoms with van der Waals surface area (Å²) in [7, 11) is 0. The van der Waals surface area contributed by atoms with E-state index in [1.54, 1.807) is 13.8 Å². The van der Waals surface area contributed by atoms with Gasteiger partial charge < -0.3 is 19.5 Å². The summed E-state index contributed by atoms with van der Waals surface area (Å²) < 4.78 is 39.2. The number of esters is 2. The first-order valence-corrected chi connectivity index (χ1v) is 8.02. The third-order valence-corrected chi connectivity index (χ3v) is 4.15. The summed E-state index contributed by atoms with van der Waals surface area (Å²) in [5.74, 6) is -1.80. The lowest BCUT2D eigenvalue weighted by Crippen LogP contribution is -2.30. The van der Waals surface area contributed by atoms with E-state index in [1.807, 2.05) is 0 Å². The van der Waals surface area contributed by atoms with Crippen LogP contribution in [0.2, 0.25) is 0 Å². The first kappa shape index (κ1) is 17.9. The van der Waals surface area contributed by atoms with Gasteiger partial charge in [0.05, 0.1) is 29.4 Å². The van der Waals surface area contributed by atoms with E-state index in [0.29, 0.717) is 22.5 Å². The lowest BCUT2D eigenvalue weighted by atomic mass is 9.81. The fraction of sp³-hybridized carbons (Fsp3) is 0.333. The number of nitrogens with one attached hydrogen (secondary N) is 1. The molecule has 1 unspecified atom stereocenters. The van der Waals surface area contributed by atoms with Crippen LogP contribution in [0.1, 0.15) is 25.3 Å². The Morgan fingerprint density at radius 3 is 2.65 bits per heavy atom. The molecule has 0 saturated heterocycles. The number of halogens is 2. The lowest BCUT2D eigenvalue weighted by Gasteiger charge is -2.27. The molecule has 1 N–H and O–H groups in total. The predicted molar refractivity (Wildman–Crippen MR) is 86.3 cm³/mol. The van der Waals surface area contributed by atoms with Crippen LogP contribution >= 0.6 is 0 Å². The minimum Gasteiger partial charge on any atom is -0.463 e. The van der Waals surface area contributed by atoms with Crippen LogP contribution < -0.4 is 10.1 Å². The average Bonchev–Trinajstić information content (AvgIpc) is 2.94. The van der Waals surface area contributed by atoms with Crippen molar-refractivity contribution < 1.29 is 32.6 Å². The van der Waals surface area contributed by atoms with Gasteiger partial charge in [-0.2, -0.15) is 8.78 Å². The first-order valence-electron chi connectivity index (χ1n) is 8.02. The van der Waals surface area contributed by atoms with Gasteiger partial charge in [-0.15, -0.1) is 0 Å². The SMILES string of the molecule is CCOC(=O)C1=C(C)NC2=C(C(=O)OC2)C1c1ccc(OC(F)F)cc1. The van der Waals surface area contributed by atoms with Crippen molar-refractivity contribution >= 4 is 11.9 Å². The van der Waals surface area contributed by atoms with Gasteiger partial charge in [-0.1, -0.05) is 12.1 Å². The molecule has 8 heteroatoms. The molecule has 0 saturated carbocycles. The average molecular weight is 365 g/mol. The number of cyclic esters (lactones) is 1. The molecule has 0 aliphatic carbocycles. The molecule has 0 radical (unpaired) electrons. The van der Waals surface area contributed by atoms with Crippen LogP contribution in [0.3, 0.4) is 0 Å². The van der Waals surface area contributed by atoms with Crippen molar-refractivity contribution in [2.45, 2.75) is 26.4 Å². The van der Waals surface area contributed by atoms with Crippen molar-refractivity contribution in [3.05, 3.63) is 52.4 Å². The second-order valence-corrected chi connectivity index (χ2v) is 5.73. The van der Waals surface area contributed by atoms with Gasteiger partial charge in [-0.25, -0.2) is 9.59 Å². The fourth-order valence-electron chi connectivity index (χ4n) is 3.12. The van der Waals surface area contributed by atoms with E-state index >= 15 is 0 Å². The van der Waals surface area contributed by atoms with Gasteiger partial charge in [0.25, 0.3) is 0 Å². The quantitative estimate of drug-likeness (QED) is 0.809. The van der Waals surface area contributed by atoms with E-state index in [0.717, 1.165) is 0 Å². The van der Waals surface area contributed by atoms with Crippen LogP contribution in [0, 0.1) is 0 Å². The number of hydrogen-bond donors (Lipinski definition) is 1. The Labute approximate surface area is 148 Å². The number of benzene rings is 1. The van der Waals surface area contributed by atoms with E-state index in [-0.39, 0.29) is 24.5 Å². The van der Waals surface area contributed by atoms with E-state index in [2.05, 4.69) is 10.1 Å². The van der Waals surface area contributed by atoms with Gasteiger partial charge >= 0.3 is 18.6 Å². The van der Waals surface area contributed by atoms with Crippen LogP contribution in [0.15, 0.2) is 46.8 Å². The molecule has 2 aliphatic heterocycles. The number of hydrogen-bond acceptors (Lipinski definition) is 6. The molecule has 26 heavy (non-hydrogen) atoms. The Bertz CT molecular complexity index is 798. The summed E-state index contributed by atoms with van der Waals surface area (Å²) in [5, 5.41) is 3.02. The Balaban J connectivity index is 2.04. The number of alkyl halides is 2. The van der Waals surface area contributed by atoms with Crippen LogP contribution in [-0.4, -0.2) is 31.8 Å². The topological polar surface area (TPSA) is 73.9 Å². The largest absolute Gasteiger partial charge is 0.463 e. The first-order chi connectivity index (χ1) is 12.4. The number of dihydropyridines is 1. The maximum atomic E-state index is 12.5. The Morgan fingerprint density at radius 1 is 1.35 bits per heavy atom. The minimum absolute atomic E-state index is 0.0146. The van der Waals surface area contributed by atoms with Gasteiger partial charge in [-0.3, -0.25) is 0 Å². The lowest BCUT2D eigenvalue weighted by molar-refractivity contribution is -0.138. The highest BCUT2D eigenvalue weighted by Crippen LogP contribution is 2.41. The molecule has 0 bridgehead atoms. The van der Waals surface area contributed by atoms with Crippen molar-refractivity contribution in [3.8, 4) is 5.75 Å².